The number of para-hydroxylation sites is 1. The van der Waals surface area contributed by atoms with Crippen molar-refractivity contribution in [1.82, 2.24) is 15.8 Å². The monoisotopic (exact) mass is 363 g/mol. The molecule has 0 bridgehead atoms. The molecule has 138 valence electrons. The second kappa shape index (κ2) is 8.31. The largest absolute Gasteiger partial charge is 0.483 e. The Balaban J connectivity index is 1.51. The molecule has 0 fully saturated rings. The van der Waals surface area contributed by atoms with Crippen LogP contribution in [0.1, 0.15) is 16.7 Å². The molecule has 6 heteroatoms. The van der Waals surface area contributed by atoms with Crippen LogP contribution in [0.3, 0.4) is 0 Å². The van der Waals surface area contributed by atoms with Crippen molar-refractivity contribution >= 4 is 22.7 Å². The molecule has 3 aromatic rings. The third-order valence-electron chi connectivity index (χ3n) is 4.11. The number of pyridine rings is 1. The van der Waals surface area contributed by atoms with Gasteiger partial charge in [-0.2, -0.15) is 0 Å². The van der Waals surface area contributed by atoms with Crippen LogP contribution in [0.5, 0.6) is 5.75 Å². The van der Waals surface area contributed by atoms with E-state index in [0.717, 1.165) is 27.6 Å². The highest BCUT2D eigenvalue weighted by atomic mass is 16.5. The zero-order valence-corrected chi connectivity index (χ0v) is 15.3. The van der Waals surface area contributed by atoms with Gasteiger partial charge in [-0.3, -0.25) is 25.4 Å². The number of aryl methyl sites for hydroxylation is 2. The average Bonchev–Trinajstić information content (AvgIpc) is 2.67. The first-order chi connectivity index (χ1) is 13.0. The SMILES string of the molecule is Cc1ccc(C)c(OCC(=O)NNC(=O)Cc2cccc3cccnc23)c1. The first-order valence-corrected chi connectivity index (χ1v) is 8.63. The van der Waals surface area contributed by atoms with Crippen molar-refractivity contribution in [3.8, 4) is 5.75 Å². The number of hydrogen-bond donors (Lipinski definition) is 2. The van der Waals surface area contributed by atoms with E-state index in [-0.39, 0.29) is 18.9 Å². The quantitative estimate of drug-likeness (QED) is 0.683. The summed E-state index contributed by atoms with van der Waals surface area (Å²) in [7, 11) is 0. The first-order valence-electron chi connectivity index (χ1n) is 8.63. The molecule has 0 radical (unpaired) electrons. The number of hydrogen-bond acceptors (Lipinski definition) is 4. The van der Waals surface area contributed by atoms with E-state index < -0.39 is 5.91 Å². The second-order valence-electron chi connectivity index (χ2n) is 6.32. The summed E-state index contributed by atoms with van der Waals surface area (Å²) >= 11 is 0. The second-order valence-corrected chi connectivity index (χ2v) is 6.32. The Morgan fingerprint density at radius 2 is 1.78 bits per heavy atom. The Morgan fingerprint density at radius 1 is 1.00 bits per heavy atom. The smallest absolute Gasteiger partial charge is 0.276 e. The minimum absolute atomic E-state index is 0.118. The van der Waals surface area contributed by atoms with Gasteiger partial charge in [0.25, 0.3) is 5.91 Å². The summed E-state index contributed by atoms with van der Waals surface area (Å²) in [6, 6.07) is 15.2. The van der Waals surface area contributed by atoms with Crippen molar-refractivity contribution in [1.29, 1.82) is 0 Å². The van der Waals surface area contributed by atoms with Gasteiger partial charge in [0.2, 0.25) is 5.91 Å². The normalized spacial score (nSPS) is 10.4. The molecule has 27 heavy (non-hydrogen) atoms. The highest BCUT2D eigenvalue weighted by Gasteiger charge is 2.10. The van der Waals surface area contributed by atoms with Gasteiger partial charge in [-0.1, -0.05) is 36.4 Å². The number of carbonyl (C=O) groups is 2. The molecule has 0 aliphatic heterocycles. The Hall–Kier alpha value is -3.41. The minimum atomic E-state index is -0.430. The molecule has 3 rings (SSSR count). The van der Waals surface area contributed by atoms with Gasteiger partial charge >= 0.3 is 0 Å². The standard InChI is InChI=1S/C21H21N3O3/c1-14-8-9-15(2)18(11-14)27-13-20(26)24-23-19(25)12-17-6-3-5-16-7-4-10-22-21(16)17/h3-11H,12-13H2,1-2H3,(H,23,25)(H,24,26). The van der Waals surface area contributed by atoms with Crippen LogP contribution in [0.25, 0.3) is 10.9 Å². The van der Waals surface area contributed by atoms with Crippen molar-refractivity contribution in [3.63, 3.8) is 0 Å². The van der Waals surface area contributed by atoms with Crippen LogP contribution < -0.4 is 15.6 Å². The van der Waals surface area contributed by atoms with Crippen molar-refractivity contribution < 1.29 is 14.3 Å². The van der Waals surface area contributed by atoms with E-state index in [2.05, 4.69) is 15.8 Å². The number of carbonyl (C=O) groups excluding carboxylic acids is 2. The number of hydrazine groups is 1. The molecule has 0 unspecified atom stereocenters. The summed E-state index contributed by atoms with van der Waals surface area (Å²) in [6.07, 6.45) is 1.81. The van der Waals surface area contributed by atoms with Crippen molar-refractivity contribution in [2.24, 2.45) is 0 Å². The predicted octanol–water partition coefficient (Wildman–Crippen LogP) is 2.62. The summed E-state index contributed by atoms with van der Waals surface area (Å²) in [6.45, 7) is 3.68. The van der Waals surface area contributed by atoms with Crippen LogP contribution in [0.15, 0.2) is 54.7 Å². The molecule has 2 amide bonds. The fourth-order valence-corrected chi connectivity index (χ4v) is 2.71. The number of fused-ring (bicyclic) bond motifs is 1. The first kappa shape index (κ1) is 18.4. The number of amides is 2. The molecule has 0 saturated carbocycles. The molecular formula is C21H21N3O3. The van der Waals surface area contributed by atoms with E-state index in [1.807, 2.05) is 62.4 Å². The van der Waals surface area contributed by atoms with Gasteiger partial charge in [0.05, 0.1) is 11.9 Å². The number of rotatable bonds is 5. The summed E-state index contributed by atoms with van der Waals surface area (Å²) in [5.41, 5.74) is 8.35. The van der Waals surface area contributed by atoms with Gasteiger partial charge < -0.3 is 4.74 Å². The van der Waals surface area contributed by atoms with Gasteiger partial charge in [-0.05, 0) is 42.7 Å². The third-order valence-corrected chi connectivity index (χ3v) is 4.11. The Bertz CT molecular complexity index is 980. The summed E-state index contributed by atoms with van der Waals surface area (Å²) < 4.78 is 5.51. The van der Waals surface area contributed by atoms with E-state index in [0.29, 0.717) is 5.75 Å². The number of ether oxygens (including phenoxy) is 1. The highest BCUT2D eigenvalue weighted by Crippen LogP contribution is 2.19. The number of aromatic nitrogens is 1. The fourth-order valence-electron chi connectivity index (χ4n) is 2.71. The molecular weight excluding hydrogens is 342 g/mol. The number of nitrogens with zero attached hydrogens (tertiary/aromatic N) is 1. The lowest BCUT2D eigenvalue weighted by atomic mass is 10.1. The van der Waals surface area contributed by atoms with Crippen molar-refractivity contribution in [2.75, 3.05) is 6.61 Å². The Labute approximate surface area is 157 Å². The van der Waals surface area contributed by atoms with Gasteiger partial charge in [-0.25, -0.2) is 0 Å². The van der Waals surface area contributed by atoms with Crippen LogP contribution in [0.4, 0.5) is 0 Å². The van der Waals surface area contributed by atoms with Crippen LogP contribution in [-0.4, -0.2) is 23.4 Å². The molecule has 0 spiro atoms. The maximum atomic E-state index is 12.1. The lowest BCUT2D eigenvalue weighted by molar-refractivity contribution is -0.129. The Kier molecular flexibility index (Phi) is 5.66. The van der Waals surface area contributed by atoms with Crippen LogP contribution >= 0.6 is 0 Å². The van der Waals surface area contributed by atoms with Crippen LogP contribution in [-0.2, 0) is 16.0 Å². The van der Waals surface area contributed by atoms with Crippen LogP contribution in [0, 0.1) is 13.8 Å². The molecule has 1 aromatic heterocycles. The Morgan fingerprint density at radius 3 is 2.63 bits per heavy atom. The maximum Gasteiger partial charge on any atom is 0.276 e. The molecule has 2 N–H and O–H groups in total. The molecule has 1 heterocycles. The zero-order valence-electron chi connectivity index (χ0n) is 15.3. The van der Waals surface area contributed by atoms with E-state index >= 15 is 0 Å². The molecule has 0 saturated heterocycles. The average molecular weight is 363 g/mol. The third kappa shape index (κ3) is 4.82. The number of nitrogens with one attached hydrogen (secondary N) is 2. The van der Waals surface area contributed by atoms with Crippen molar-refractivity contribution in [3.05, 3.63) is 71.4 Å². The zero-order chi connectivity index (χ0) is 19.2. The lowest BCUT2D eigenvalue weighted by Crippen LogP contribution is -2.44. The van der Waals surface area contributed by atoms with Gasteiger partial charge in [0, 0.05) is 11.6 Å². The molecule has 0 aliphatic carbocycles. The fraction of sp³-hybridized carbons (Fsp3) is 0.190. The molecule has 0 aliphatic rings. The van der Waals surface area contributed by atoms with E-state index in [1.54, 1.807) is 6.20 Å². The van der Waals surface area contributed by atoms with Gasteiger partial charge in [-0.15, -0.1) is 0 Å². The molecule has 2 aromatic carbocycles. The highest BCUT2D eigenvalue weighted by molar-refractivity contribution is 5.88. The van der Waals surface area contributed by atoms with Crippen LogP contribution in [0.2, 0.25) is 0 Å². The van der Waals surface area contributed by atoms with Gasteiger partial charge in [0.1, 0.15) is 5.75 Å². The van der Waals surface area contributed by atoms with Crippen molar-refractivity contribution in [2.45, 2.75) is 20.3 Å². The lowest BCUT2D eigenvalue weighted by Gasteiger charge is -2.11. The summed E-state index contributed by atoms with van der Waals surface area (Å²) in [4.78, 5) is 28.4. The predicted molar refractivity (Wildman–Crippen MR) is 103 cm³/mol. The summed E-state index contributed by atoms with van der Waals surface area (Å²) in [5, 5.41) is 0.966. The van der Waals surface area contributed by atoms with E-state index in [1.165, 1.54) is 0 Å². The molecule has 0 atom stereocenters. The minimum Gasteiger partial charge on any atom is -0.483 e. The number of benzene rings is 2. The topological polar surface area (TPSA) is 80.3 Å². The van der Waals surface area contributed by atoms with E-state index in [9.17, 15) is 9.59 Å². The maximum absolute atomic E-state index is 12.1. The van der Waals surface area contributed by atoms with Gasteiger partial charge in [0.15, 0.2) is 6.61 Å². The van der Waals surface area contributed by atoms with E-state index in [4.69, 9.17) is 4.74 Å². The molecule has 6 nitrogen and oxygen atoms in total. The summed E-state index contributed by atoms with van der Waals surface area (Å²) in [5.74, 6) is -0.105.